The standard InChI is InChI=1S/C17H22N2O3S/c1-2-19(10-12-7-8-22-11-12)16(20)9-15-17(21)18-13-5-3-4-6-14(13)23-15/h3-6,12,15H,2,7-11H2,1H3,(H,18,21). The predicted octanol–water partition coefficient (Wildman–Crippen LogP) is 2.37. The Balaban J connectivity index is 1.61. The average molecular weight is 334 g/mol. The molecule has 1 fully saturated rings. The lowest BCUT2D eigenvalue weighted by Gasteiger charge is -2.28. The van der Waals surface area contributed by atoms with Crippen molar-refractivity contribution in [3.63, 3.8) is 0 Å². The number of hydrogen-bond acceptors (Lipinski definition) is 4. The fourth-order valence-corrected chi connectivity index (χ4v) is 4.06. The molecule has 2 atom stereocenters. The number of carbonyl (C=O) groups is 2. The Morgan fingerprint density at radius 1 is 1.43 bits per heavy atom. The van der Waals surface area contributed by atoms with Gasteiger partial charge in [-0.3, -0.25) is 9.59 Å². The number of ether oxygens (including phenoxy) is 1. The second-order valence-corrected chi connectivity index (χ2v) is 7.20. The van der Waals surface area contributed by atoms with Crippen molar-refractivity contribution in [3.05, 3.63) is 24.3 Å². The van der Waals surface area contributed by atoms with Crippen molar-refractivity contribution < 1.29 is 14.3 Å². The molecule has 1 aromatic carbocycles. The first-order valence-corrected chi connectivity index (χ1v) is 8.97. The van der Waals surface area contributed by atoms with Crippen molar-refractivity contribution in [3.8, 4) is 0 Å². The number of benzene rings is 1. The van der Waals surface area contributed by atoms with Crippen LogP contribution in [-0.4, -0.2) is 48.3 Å². The summed E-state index contributed by atoms with van der Waals surface area (Å²) in [7, 11) is 0. The van der Waals surface area contributed by atoms with Gasteiger partial charge in [-0.25, -0.2) is 0 Å². The predicted molar refractivity (Wildman–Crippen MR) is 90.5 cm³/mol. The molecule has 1 saturated heterocycles. The average Bonchev–Trinajstić information content (AvgIpc) is 3.06. The Morgan fingerprint density at radius 2 is 2.26 bits per heavy atom. The molecule has 2 aliphatic rings. The zero-order valence-corrected chi connectivity index (χ0v) is 14.1. The van der Waals surface area contributed by atoms with Crippen LogP contribution in [0.1, 0.15) is 19.8 Å². The highest BCUT2D eigenvalue weighted by Gasteiger charge is 2.31. The first-order valence-electron chi connectivity index (χ1n) is 8.09. The molecule has 0 saturated carbocycles. The van der Waals surface area contributed by atoms with Crippen LogP contribution in [-0.2, 0) is 14.3 Å². The molecule has 2 aliphatic heterocycles. The van der Waals surface area contributed by atoms with Gasteiger partial charge >= 0.3 is 0 Å². The molecule has 0 aliphatic carbocycles. The van der Waals surface area contributed by atoms with Crippen LogP contribution in [0.15, 0.2) is 29.2 Å². The highest BCUT2D eigenvalue weighted by atomic mass is 32.2. The minimum atomic E-state index is -0.355. The number of rotatable bonds is 5. The lowest BCUT2D eigenvalue weighted by Crippen LogP contribution is -2.39. The van der Waals surface area contributed by atoms with E-state index >= 15 is 0 Å². The summed E-state index contributed by atoms with van der Waals surface area (Å²) in [5, 5.41) is 2.54. The summed E-state index contributed by atoms with van der Waals surface area (Å²) >= 11 is 1.48. The molecular weight excluding hydrogens is 312 g/mol. The van der Waals surface area contributed by atoms with E-state index in [0.29, 0.717) is 12.5 Å². The Morgan fingerprint density at radius 3 is 3.00 bits per heavy atom. The van der Waals surface area contributed by atoms with Gasteiger partial charge in [-0.2, -0.15) is 0 Å². The number of nitrogens with one attached hydrogen (secondary N) is 1. The highest BCUT2D eigenvalue weighted by molar-refractivity contribution is 8.01. The lowest BCUT2D eigenvalue weighted by atomic mass is 10.1. The largest absolute Gasteiger partial charge is 0.381 e. The molecule has 0 bridgehead atoms. The van der Waals surface area contributed by atoms with E-state index in [9.17, 15) is 9.59 Å². The second kappa shape index (κ2) is 7.36. The van der Waals surface area contributed by atoms with Gasteiger partial charge in [0.2, 0.25) is 11.8 Å². The van der Waals surface area contributed by atoms with E-state index in [-0.39, 0.29) is 23.5 Å². The number of carbonyl (C=O) groups excluding carboxylic acids is 2. The highest BCUT2D eigenvalue weighted by Crippen LogP contribution is 2.36. The molecule has 23 heavy (non-hydrogen) atoms. The Labute approximate surface area is 140 Å². The zero-order valence-electron chi connectivity index (χ0n) is 13.3. The van der Waals surface area contributed by atoms with E-state index in [0.717, 1.165) is 36.8 Å². The molecule has 0 spiro atoms. The summed E-state index contributed by atoms with van der Waals surface area (Å²) in [5.74, 6) is 0.390. The van der Waals surface area contributed by atoms with Crippen molar-refractivity contribution in [1.82, 2.24) is 4.90 Å². The number of nitrogens with zero attached hydrogens (tertiary/aromatic N) is 1. The quantitative estimate of drug-likeness (QED) is 0.898. The SMILES string of the molecule is CCN(CC1CCOC1)C(=O)CC1Sc2ccccc2NC1=O. The minimum Gasteiger partial charge on any atom is -0.381 e. The van der Waals surface area contributed by atoms with Gasteiger partial charge in [-0.05, 0) is 25.5 Å². The Hall–Kier alpha value is -1.53. The minimum absolute atomic E-state index is 0.0476. The van der Waals surface area contributed by atoms with Crippen LogP contribution >= 0.6 is 11.8 Å². The number of para-hydroxylation sites is 1. The molecular formula is C17H22N2O3S. The number of anilines is 1. The summed E-state index contributed by atoms with van der Waals surface area (Å²) < 4.78 is 5.38. The number of thioether (sulfide) groups is 1. The third-order valence-electron chi connectivity index (χ3n) is 4.30. The van der Waals surface area contributed by atoms with Crippen molar-refractivity contribution in [2.24, 2.45) is 5.92 Å². The van der Waals surface area contributed by atoms with Crippen molar-refractivity contribution in [1.29, 1.82) is 0 Å². The Kier molecular flexibility index (Phi) is 5.23. The van der Waals surface area contributed by atoms with Crippen molar-refractivity contribution >= 4 is 29.3 Å². The van der Waals surface area contributed by atoms with E-state index in [4.69, 9.17) is 4.74 Å². The van der Waals surface area contributed by atoms with Crippen LogP contribution in [0.4, 0.5) is 5.69 Å². The van der Waals surface area contributed by atoms with E-state index in [1.807, 2.05) is 36.1 Å². The maximum absolute atomic E-state index is 12.6. The van der Waals surface area contributed by atoms with Gasteiger partial charge in [0.1, 0.15) is 0 Å². The van der Waals surface area contributed by atoms with E-state index < -0.39 is 0 Å². The van der Waals surface area contributed by atoms with Crippen LogP contribution in [0, 0.1) is 5.92 Å². The molecule has 5 nitrogen and oxygen atoms in total. The van der Waals surface area contributed by atoms with Gasteiger partial charge < -0.3 is 15.0 Å². The van der Waals surface area contributed by atoms with Crippen LogP contribution in [0.25, 0.3) is 0 Å². The summed E-state index contributed by atoms with van der Waals surface area (Å²) in [5.41, 5.74) is 0.835. The summed E-state index contributed by atoms with van der Waals surface area (Å²) in [6, 6.07) is 7.70. The number of hydrogen-bond donors (Lipinski definition) is 1. The topological polar surface area (TPSA) is 58.6 Å². The number of amides is 2. The van der Waals surface area contributed by atoms with Gasteiger partial charge in [-0.1, -0.05) is 12.1 Å². The third-order valence-corrected chi connectivity index (χ3v) is 5.58. The first-order chi connectivity index (χ1) is 11.2. The smallest absolute Gasteiger partial charge is 0.238 e. The Bertz CT molecular complexity index is 587. The molecule has 6 heteroatoms. The van der Waals surface area contributed by atoms with Gasteiger partial charge in [0.25, 0.3) is 0 Å². The van der Waals surface area contributed by atoms with Gasteiger partial charge in [0, 0.05) is 36.9 Å². The lowest BCUT2D eigenvalue weighted by molar-refractivity contribution is -0.133. The van der Waals surface area contributed by atoms with E-state index in [1.54, 1.807) is 0 Å². The molecule has 2 heterocycles. The van der Waals surface area contributed by atoms with Gasteiger partial charge in [0.15, 0.2) is 0 Å². The third kappa shape index (κ3) is 3.87. The second-order valence-electron chi connectivity index (χ2n) is 5.96. The molecule has 2 amide bonds. The molecule has 1 aromatic rings. The van der Waals surface area contributed by atoms with Crippen molar-refractivity contribution in [2.45, 2.75) is 29.9 Å². The molecule has 124 valence electrons. The van der Waals surface area contributed by atoms with Crippen LogP contribution in [0.5, 0.6) is 0 Å². The summed E-state index contributed by atoms with van der Waals surface area (Å²) in [6.07, 6.45) is 1.25. The zero-order chi connectivity index (χ0) is 16.2. The molecule has 0 aromatic heterocycles. The van der Waals surface area contributed by atoms with Crippen LogP contribution < -0.4 is 5.32 Å². The first kappa shape index (κ1) is 16.3. The van der Waals surface area contributed by atoms with Crippen LogP contribution in [0.2, 0.25) is 0 Å². The fraction of sp³-hybridized carbons (Fsp3) is 0.529. The fourth-order valence-electron chi connectivity index (χ4n) is 2.96. The summed E-state index contributed by atoms with van der Waals surface area (Å²) in [4.78, 5) is 27.7. The van der Waals surface area contributed by atoms with E-state index in [1.165, 1.54) is 11.8 Å². The molecule has 3 rings (SSSR count). The van der Waals surface area contributed by atoms with Gasteiger partial charge in [-0.15, -0.1) is 11.8 Å². The van der Waals surface area contributed by atoms with Gasteiger partial charge in [0.05, 0.1) is 17.5 Å². The molecule has 1 N–H and O–H groups in total. The maximum atomic E-state index is 12.6. The maximum Gasteiger partial charge on any atom is 0.238 e. The number of fused-ring (bicyclic) bond motifs is 1. The van der Waals surface area contributed by atoms with E-state index in [2.05, 4.69) is 5.32 Å². The van der Waals surface area contributed by atoms with Crippen LogP contribution in [0.3, 0.4) is 0 Å². The molecule has 0 radical (unpaired) electrons. The molecule has 2 unspecified atom stereocenters. The van der Waals surface area contributed by atoms with Crippen molar-refractivity contribution in [2.75, 3.05) is 31.6 Å². The monoisotopic (exact) mass is 334 g/mol. The summed E-state index contributed by atoms with van der Waals surface area (Å²) in [6.45, 7) is 4.90. The normalized spacial score (nSPS) is 23.3.